The lowest BCUT2D eigenvalue weighted by molar-refractivity contribution is 0.415. The first-order valence-corrected chi connectivity index (χ1v) is 6.10. The van der Waals surface area contributed by atoms with Crippen LogP contribution in [0.15, 0.2) is 54.6 Å². The van der Waals surface area contributed by atoms with Crippen molar-refractivity contribution in [2.45, 2.75) is 0 Å². The maximum absolute atomic E-state index is 5.49. The number of para-hydroxylation sites is 1. The van der Waals surface area contributed by atoms with Gasteiger partial charge in [0, 0.05) is 18.3 Å². The summed E-state index contributed by atoms with van der Waals surface area (Å²) in [7, 11) is 3.63. The van der Waals surface area contributed by atoms with Crippen molar-refractivity contribution >= 4 is 22.9 Å². The number of methoxy groups -OCH3 is 1. The fourth-order valence-corrected chi connectivity index (χ4v) is 1.94. The molecule has 2 aromatic rings. The Kier molecular flexibility index (Phi) is 3.95. The highest BCUT2D eigenvalue weighted by Gasteiger charge is 2.08. The van der Waals surface area contributed by atoms with Crippen molar-refractivity contribution < 1.29 is 4.74 Å². The standard InChI is InChI=1S/C15H15NOS/c1-16(13-6-4-3-5-7-13)15(18)12-8-10-14(17-2)11-9-12/h3-11H,1-2H3. The minimum absolute atomic E-state index is 0.795. The van der Waals surface area contributed by atoms with Crippen LogP contribution in [0.4, 0.5) is 5.69 Å². The van der Waals surface area contributed by atoms with Gasteiger partial charge in [0.15, 0.2) is 0 Å². The van der Waals surface area contributed by atoms with Crippen LogP contribution in [0.25, 0.3) is 0 Å². The Balaban J connectivity index is 2.20. The van der Waals surface area contributed by atoms with Crippen LogP contribution in [0, 0.1) is 0 Å². The van der Waals surface area contributed by atoms with Crippen molar-refractivity contribution in [3.8, 4) is 5.75 Å². The molecular formula is C15H15NOS. The lowest BCUT2D eigenvalue weighted by Crippen LogP contribution is -2.24. The summed E-state index contributed by atoms with van der Waals surface area (Å²) < 4.78 is 5.14. The molecule has 2 nitrogen and oxygen atoms in total. The molecule has 2 aromatic carbocycles. The van der Waals surface area contributed by atoms with E-state index in [1.54, 1.807) is 7.11 Å². The van der Waals surface area contributed by atoms with E-state index in [1.807, 2.05) is 66.5 Å². The van der Waals surface area contributed by atoms with Gasteiger partial charge < -0.3 is 9.64 Å². The maximum atomic E-state index is 5.49. The molecule has 0 heterocycles. The third kappa shape index (κ3) is 2.68. The second-order valence-electron chi connectivity index (χ2n) is 3.93. The van der Waals surface area contributed by atoms with Gasteiger partial charge in [-0.25, -0.2) is 0 Å². The highest BCUT2D eigenvalue weighted by Crippen LogP contribution is 2.17. The summed E-state index contributed by atoms with van der Waals surface area (Å²) in [6.07, 6.45) is 0. The van der Waals surface area contributed by atoms with E-state index in [2.05, 4.69) is 0 Å². The van der Waals surface area contributed by atoms with Gasteiger partial charge in [-0.2, -0.15) is 0 Å². The van der Waals surface area contributed by atoms with Gasteiger partial charge in [0.2, 0.25) is 0 Å². The van der Waals surface area contributed by atoms with Crippen molar-refractivity contribution in [1.82, 2.24) is 0 Å². The predicted octanol–water partition coefficient (Wildman–Crippen LogP) is 3.51. The zero-order valence-electron chi connectivity index (χ0n) is 10.5. The smallest absolute Gasteiger partial charge is 0.118 e. The summed E-state index contributed by atoms with van der Waals surface area (Å²) in [6, 6.07) is 17.9. The molecule has 0 amide bonds. The molecule has 0 aliphatic carbocycles. The van der Waals surface area contributed by atoms with Crippen molar-refractivity contribution in [2.24, 2.45) is 0 Å². The average molecular weight is 257 g/mol. The molecule has 0 saturated carbocycles. The van der Waals surface area contributed by atoms with Crippen molar-refractivity contribution in [2.75, 3.05) is 19.1 Å². The molecule has 0 saturated heterocycles. The SMILES string of the molecule is COc1ccc(C(=S)N(C)c2ccccc2)cc1. The van der Waals surface area contributed by atoms with Crippen LogP contribution < -0.4 is 9.64 Å². The van der Waals surface area contributed by atoms with Crippen LogP contribution in [0.1, 0.15) is 5.56 Å². The molecular weight excluding hydrogens is 242 g/mol. The second kappa shape index (κ2) is 5.65. The molecule has 0 spiro atoms. The fraction of sp³-hybridized carbons (Fsp3) is 0.133. The van der Waals surface area contributed by atoms with Gasteiger partial charge in [-0.1, -0.05) is 30.4 Å². The van der Waals surface area contributed by atoms with Crippen molar-refractivity contribution in [1.29, 1.82) is 0 Å². The topological polar surface area (TPSA) is 12.5 Å². The zero-order valence-corrected chi connectivity index (χ0v) is 11.3. The monoisotopic (exact) mass is 257 g/mol. The third-order valence-corrected chi connectivity index (χ3v) is 3.29. The summed E-state index contributed by atoms with van der Waals surface area (Å²) in [4.78, 5) is 2.79. The highest BCUT2D eigenvalue weighted by atomic mass is 32.1. The molecule has 0 aliphatic heterocycles. The maximum Gasteiger partial charge on any atom is 0.118 e. The molecule has 0 fully saturated rings. The number of hydrogen-bond donors (Lipinski definition) is 0. The van der Waals surface area contributed by atoms with Crippen LogP contribution in [0.5, 0.6) is 5.75 Å². The van der Waals surface area contributed by atoms with Crippen LogP contribution in [-0.4, -0.2) is 19.1 Å². The van der Waals surface area contributed by atoms with Crippen LogP contribution in [0.3, 0.4) is 0 Å². The van der Waals surface area contributed by atoms with Gasteiger partial charge in [0.25, 0.3) is 0 Å². The molecule has 0 unspecified atom stereocenters. The Morgan fingerprint density at radius 1 is 1.00 bits per heavy atom. The van der Waals surface area contributed by atoms with Crippen LogP contribution in [0.2, 0.25) is 0 Å². The Hall–Kier alpha value is -1.87. The summed E-state index contributed by atoms with van der Waals surface area (Å²) in [5, 5.41) is 0. The van der Waals surface area contributed by atoms with Crippen LogP contribution >= 0.6 is 12.2 Å². The van der Waals surface area contributed by atoms with E-state index in [0.717, 1.165) is 22.0 Å². The Bertz CT molecular complexity index is 522. The van der Waals surface area contributed by atoms with Gasteiger partial charge in [-0.3, -0.25) is 0 Å². The number of anilines is 1. The highest BCUT2D eigenvalue weighted by molar-refractivity contribution is 7.81. The van der Waals surface area contributed by atoms with Crippen molar-refractivity contribution in [3.63, 3.8) is 0 Å². The molecule has 0 atom stereocenters. The van der Waals surface area contributed by atoms with E-state index in [4.69, 9.17) is 17.0 Å². The number of hydrogen-bond acceptors (Lipinski definition) is 2. The lowest BCUT2D eigenvalue weighted by Gasteiger charge is -2.20. The van der Waals surface area contributed by atoms with Crippen molar-refractivity contribution in [3.05, 3.63) is 60.2 Å². The molecule has 3 heteroatoms. The average Bonchev–Trinajstić information content (AvgIpc) is 2.47. The normalized spacial score (nSPS) is 9.89. The number of nitrogens with zero attached hydrogens (tertiary/aromatic N) is 1. The van der Waals surface area contributed by atoms with E-state index >= 15 is 0 Å². The summed E-state index contributed by atoms with van der Waals surface area (Å²) >= 11 is 5.49. The number of ether oxygens (including phenoxy) is 1. The number of benzene rings is 2. The van der Waals surface area contributed by atoms with E-state index in [1.165, 1.54) is 0 Å². The molecule has 0 aliphatic rings. The minimum Gasteiger partial charge on any atom is -0.497 e. The van der Waals surface area contributed by atoms with Gasteiger partial charge in [0.1, 0.15) is 10.7 Å². The third-order valence-electron chi connectivity index (χ3n) is 2.79. The van der Waals surface area contributed by atoms with Gasteiger partial charge in [-0.05, 0) is 36.4 Å². The van der Waals surface area contributed by atoms with E-state index in [9.17, 15) is 0 Å². The molecule has 92 valence electrons. The van der Waals surface area contributed by atoms with Gasteiger partial charge in [-0.15, -0.1) is 0 Å². The first-order chi connectivity index (χ1) is 8.72. The quantitative estimate of drug-likeness (QED) is 0.781. The molecule has 2 rings (SSSR count). The molecule has 0 N–H and O–H groups in total. The first-order valence-electron chi connectivity index (χ1n) is 5.69. The zero-order chi connectivity index (χ0) is 13.0. The Morgan fingerprint density at radius 3 is 2.17 bits per heavy atom. The van der Waals surface area contributed by atoms with E-state index < -0.39 is 0 Å². The lowest BCUT2D eigenvalue weighted by atomic mass is 10.2. The fourth-order valence-electron chi connectivity index (χ4n) is 1.70. The number of rotatable bonds is 3. The molecule has 0 radical (unpaired) electrons. The molecule has 0 bridgehead atoms. The van der Waals surface area contributed by atoms with Gasteiger partial charge in [0.05, 0.1) is 7.11 Å². The van der Waals surface area contributed by atoms with Gasteiger partial charge >= 0.3 is 0 Å². The van der Waals surface area contributed by atoms with E-state index in [0.29, 0.717) is 0 Å². The predicted molar refractivity (Wildman–Crippen MR) is 79.5 cm³/mol. The molecule has 18 heavy (non-hydrogen) atoms. The van der Waals surface area contributed by atoms with E-state index in [-0.39, 0.29) is 0 Å². The second-order valence-corrected chi connectivity index (χ2v) is 4.31. The van der Waals surface area contributed by atoms with Crippen LogP contribution in [-0.2, 0) is 0 Å². The first kappa shape index (κ1) is 12.6. The summed E-state index contributed by atoms with van der Waals surface area (Å²) in [5.74, 6) is 0.837. The minimum atomic E-state index is 0.795. The summed E-state index contributed by atoms with van der Waals surface area (Å²) in [5.41, 5.74) is 2.09. The number of thiocarbonyl (C=S) groups is 1. The molecule has 0 aromatic heterocycles. The summed E-state index contributed by atoms with van der Waals surface area (Å²) in [6.45, 7) is 0. The Labute approximate surface area is 113 Å². The largest absolute Gasteiger partial charge is 0.497 e. The Morgan fingerprint density at radius 2 is 1.61 bits per heavy atom.